The molecule has 1 fully saturated rings. The third-order valence-electron chi connectivity index (χ3n) is 11.0. The number of nitrogens with one attached hydrogen (secondary N) is 2. The number of thiazole rings is 1. The van der Waals surface area contributed by atoms with Crippen molar-refractivity contribution in [2.24, 2.45) is 11.1 Å². The number of ether oxygens (including phenoxy) is 5. The molecule has 4 rings (SSSR count). The van der Waals surface area contributed by atoms with Crippen molar-refractivity contribution in [1.82, 2.24) is 20.5 Å². The predicted molar refractivity (Wildman–Crippen MR) is 252 cm³/mol. The lowest BCUT2D eigenvalue weighted by atomic mass is 9.85. The highest BCUT2D eigenvalue weighted by Crippen LogP contribution is 2.29. The van der Waals surface area contributed by atoms with E-state index in [9.17, 15) is 29.1 Å². The molecule has 0 bridgehead atoms. The summed E-state index contributed by atoms with van der Waals surface area (Å²) in [5, 5.41) is 16.2. The van der Waals surface area contributed by atoms with Gasteiger partial charge in [0.25, 0.3) is 0 Å². The van der Waals surface area contributed by atoms with Crippen LogP contribution in [-0.4, -0.2) is 127 Å². The highest BCUT2D eigenvalue weighted by atomic mass is 32.1. The minimum atomic E-state index is -0.943. The Morgan fingerprint density at radius 3 is 2.06 bits per heavy atom. The van der Waals surface area contributed by atoms with E-state index in [4.69, 9.17) is 29.4 Å². The number of ketones is 1. The molecule has 3 aromatic rings. The lowest BCUT2D eigenvalue weighted by Crippen LogP contribution is -2.57. The number of aromatic nitrogens is 1. The maximum absolute atomic E-state index is 13.9. The van der Waals surface area contributed by atoms with E-state index in [1.807, 2.05) is 88.7 Å². The van der Waals surface area contributed by atoms with E-state index < -0.39 is 65.2 Å². The minimum absolute atomic E-state index is 0.0184. The Labute approximate surface area is 393 Å². The molecule has 1 saturated heterocycles. The van der Waals surface area contributed by atoms with Crippen molar-refractivity contribution in [2.75, 3.05) is 46.2 Å². The number of rotatable bonds is 26. The van der Waals surface area contributed by atoms with Crippen LogP contribution in [0.5, 0.6) is 0 Å². The Hall–Kier alpha value is -4.78. The number of nitrogens with two attached hydrogens (primary N) is 1. The molecule has 2 heterocycles. The maximum atomic E-state index is 13.9. The Morgan fingerprint density at radius 1 is 0.848 bits per heavy atom. The molecule has 5 N–H and O–H groups in total. The quantitative estimate of drug-likeness (QED) is 0.0738. The van der Waals surface area contributed by atoms with E-state index >= 15 is 0 Å². The van der Waals surface area contributed by atoms with Gasteiger partial charge in [-0.05, 0) is 81.5 Å². The standard InChI is InChI=1S/C49H71N5O11S/c1-32-44(66-31-51-32)37-16-13-34(14-17-37)15-19-41(56)40-27-38(55)28-54(40)46(59)45(48(3,4)5)53-43(58)30-63-26-25-62-24-23-61-22-21-35-9-11-36(12-10-35)29-64-33(2)39(18-20-42(50)57)52-47(60)65-49(6,7)8/h9-14,16-17,31,33,38-40,45,55H,15,18-30H2,1-8H3,(H2,50,57)(H,52,60)(H,53,58)/t33-,38-,39+,40+,45-/m1/s1. The smallest absolute Gasteiger partial charge is 0.407 e. The number of nitrogens with zero attached hydrogens (tertiary/aromatic N) is 2. The Bertz CT molecular complexity index is 2010. The Balaban J connectivity index is 1.10. The second-order valence-electron chi connectivity index (χ2n) is 18.8. The average molecular weight is 938 g/mol. The monoisotopic (exact) mass is 937 g/mol. The number of primary amides is 1. The van der Waals surface area contributed by atoms with Crippen LogP contribution in [0, 0.1) is 12.3 Å². The van der Waals surface area contributed by atoms with Gasteiger partial charge < -0.3 is 50.1 Å². The van der Waals surface area contributed by atoms with Gasteiger partial charge in [-0.3, -0.25) is 19.2 Å². The largest absolute Gasteiger partial charge is 0.444 e. The molecule has 0 unspecified atom stereocenters. The van der Waals surface area contributed by atoms with Gasteiger partial charge in [0, 0.05) is 25.8 Å². The van der Waals surface area contributed by atoms with Crippen LogP contribution in [-0.2, 0) is 62.3 Å². The first kappa shape index (κ1) is 53.8. The maximum Gasteiger partial charge on any atom is 0.407 e. The van der Waals surface area contributed by atoms with Gasteiger partial charge in [0.05, 0.1) is 80.0 Å². The van der Waals surface area contributed by atoms with E-state index in [0.29, 0.717) is 45.7 Å². The van der Waals surface area contributed by atoms with Crippen LogP contribution in [0.2, 0.25) is 0 Å². The van der Waals surface area contributed by atoms with E-state index in [-0.39, 0.29) is 51.4 Å². The molecule has 1 aliphatic heterocycles. The summed E-state index contributed by atoms with van der Waals surface area (Å²) in [6, 6.07) is 13.8. The molecule has 0 saturated carbocycles. The molecule has 0 spiro atoms. The van der Waals surface area contributed by atoms with Gasteiger partial charge in [-0.15, -0.1) is 11.3 Å². The molecule has 1 aromatic heterocycles. The average Bonchev–Trinajstić information content (AvgIpc) is 3.87. The van der Waals surface area contributed by atoms with Crippen molar-refractivity contribution in [2.45, 2.75) is 136 Å². The van der Waals surface area contributed by atoms with Crippen molar-refractivity contribution in [3.05, 3.63) is 76.4 Å². The summed E-state index contributed by atoms with van der Waals surface area (Å²) in [6.07, 6.45) is 0.168. The van der Waals surface area contributed by atoms with Crippen LogP contribution in [0.1, 0.15) is 96.5 Å². The number of aliphatic hydroxyl groups is 1. The summed E-state index contributed by atoms with van der Waals surface area (Å²) in [5.74, 6) is -1.47. The van der Waals surface area contributed by atoms with E-state index in [1.165, 1.54) is 4.90 Å². The molecular formula is C49H71N5O11S. The molecule has 16 nitrogen and oxygen atoms in total. The van der Waals surface area contributed by atoms with Crippen LogP contribution in [0.4, 0.5) is 4.79 Å². The summed E-state index contributed by atoms with van der Waals surface area (Å²) in [4.78, 5) is 71.1. The van der Waals surface area contributed by atoms with E-state index in [1.54, 1.807) is 32.1 Å². The van der Waals surface area contributed by atoms with Crippen molar-refractivity contribution in [3.63, 3.8) is 0 Å². The second-order valence-corrected chi connectivity index (χ2v) is 19.7. The zero-order valence-corrected chi connectivity index (χ0v) is 40.7. The number of likely N-dealkylation sites (tertiary alicyclic amines) is 1. The SMILES string of the molecule is Cc1ncsc1-c1ccc(CCC(=O)[C@@H]2C[C@@H](O)CN2C(=O)[C@@H](NC(=O)COCCOCCOCCc2ccc(CO[C@H](C)[C@H](CCC(N)=O)NC(=O)OC(C)(C)C)cc2)C(C)(C)C)cc1. The van der Waals surface area contributed by atoms with Gasteiger partial charge in [-0.2, -0.15) is 0 Å². The predicted octanol–water partition coefficient (Wildman–Crippen LogP) is 5.47. The number of carbonyl (C=O) groups is 5. The lowest BCUT2D eigenvalue weighted by Gasteiger charge is -2.35. The van der Waals surface area contributed by atoms with Crippen molar-refractivity contribution < 1.29 is 52.8 Å². The molecule has 5 atom stereocenters. The number of amides is 4. The second kappa shape index (κ2) is 25.9. The van der Waals surface area contributed by atoms with Gasteiger partial charge in [0.1, 0.15) is 18.2 Å². The highest BCUT2D eigenvalue weighted by Gasteiger charge is 2.44. The summed E-state index contributed by atoms with van der Waals surface area (Å²) in [5.41, 5.74) is 10.9. The first-order chi connectivity index (χ1) is 31.2. The van der Waals surface area contributed by atoms with Crippen molar-refractivity contribution >= 4 is 40.9 Å². The number of aryl methyl sites for hydroxylation is 2. The van der Waals surface area contributed by atoms with Crippen LogP contribution >= 0.6 is 11.3 Å². The van der Waals surface area contributed by atoms with Gasteiger partial charge >= 0.3 is 6.09 Å². The van der Waals surface area contributed by atoms with Gasteiger partial charge in [0.15, 0.2) is 5.78 Å². The first-order valence-electron chi connectivity index (χ1n) is 22.7. The van der Waals surface area contributed by atoms with Gasteiger partial charge in [-0.25, -0.2) is 9.78 Å². The first-order valence-corrected chi connectivity index (χ1v) is 23.6. The zero-order valence-electron chi connectivity index (χ0n) is 39.9. The fourth-order valence-corrected chi connectivity index (χ4v) is 8.15. The number of β-amino-alcohol motifs (C(OH)–C–C–N with tert-alkyl or cyclic N) is 1. The third kappa shape index (κ3) is 18.5. The number of Topliss-reactive ketones (excluding diaryl/α,β-unsaturated/α-hetero) is 1. The number of alkyl carbamates (subject to hydrolysis) is 1. The summed E-state index contributed by atoms with van der Waals surface area (Å²) < 4.78 is 28.3. The lowest BCUT2D eigenvalue weighted by molar-refractivity contribution is -0.144. The normalized spacial score (nSPS) is 16.7. The number of carbonyl (C=O) groups excluding carboxylic acids is 5. The van der Waals surface area contributed by atoms with Gasteiger partial charge in [0.2, 0.25) is 17.7 Å². The van der Waals surface area contributed by atoms with Crippen LogP contribution < -0.4 is 16.4 Å². The summed E-state index contributed by atoms with van der Waals surface area (Å²) in [7, 11) is 0. The molecule has 17 heteroatoms. The summed E-state index contributed by atoms with van der Waals surface area (Å²) >= 11 is 1.58. The van der Waals surface area contributed by atoms with E-state index in [2.05, 4.69) is 15.6 Å². The number of benzene rings is 2. The number of hydrogen-bond donors (Lipinski definition) is 4. The van der Waals surface area contributed by atoms with Crippen LogP contribution in [0.15, 0.2) is 54.0 Å². The fraction of sp³-hybridized carbons (Fsp3) is 0.592. The molecule has 4 amide bonds. The molecule has 0 aliphatic carbocycles. The third-order valence-corrected chi connectivity index (χ3v) is 12.0. The fourth-order valence-electron chi connectivity index (χ4n) is 7.34. The van der Waals surface area contributed by atoms with Gasteiger partial charge in [-0.1, -0.05) is 69.3 Å². The molecule has 66 heavy (non-hydrogen) atoms. The Kier molecular flexibility index (Phi) is 21.2. The van der Waals surface area contributed by atoms with Crippen molar-refractivity contribution in [3.8, 4) is 10.4 Å². The topological polar surface area (TPSA) is 218 Å². The molecule has 364 valence electrons. The summed E-state index contributed by atoms with van der Waals surface area (Å²) in [6.45, 7) is 16.3. The van der Waals surface area contributed by atoms with E-state index in [0.717, 1.165) is 32.8 Å². The van der Waals surface area contributed by atoms with Crippen molar-refractivity contribution in [1.29, 1.82) is 0 Å². The van der Waals surface area contributed by atoms with Crippen LogP contribution in [0.25, 0.3) is 10.4 Å². The number of aliphatic hydroxyl groups excluding tert-OH is 1. The molecular weight excluding hydrogens is 867 g/mol. The highest BCUT2D eigenvalue weighted by molar-refractivity contribution is 7.13. The molecule has 1 aliphatic rings. The number of hydrogen-bond acceptors (Lipinski definition) is 13. The zero-order chi connectivity index (χ0) is 48.4. The molecule has 0 radical (unpaired) electrons. The Morgan fingerprint density at radius 2 is 1.45 bits per heavy atom. The minimum Gasteiger partial charge on any atom is -0.444 e. The molecule has 2 aromatic carbocycles. The van der Waals surface area contributed by atoms with Crippen LogP contribution in [0.3, 0.4) is 0 Å².